The Morgan fingerprint density at radius 1 is 1.12 bits per heavy atom. The quantitative estimate of drug-likeness (QED) is 0.467. The monoisotopic (exact) mass is 351 g/mol. The first-order valence-electron chi connectivity index (χ1n) is 10.2. The van der Waals surface area contributed by atoms with Crippen molar-refractivity contribution >= 4 is 11.3 Å². The van der Waals surface area contributed by atoms with Crippen LogP contribution in [0.3, 0.4) is 0 Å². The molecule has 0 bridgehead atoms. The summed E-state index contributed by atoms with van der Waals surface area (Å²) >= 11 is 1.74. The fourth-order valence-electron chi connectivity index (χ4n) is 3.77. The summed E-state index contributed by atoms with van der Waals surface area (Å²) in [5.74, 6) is 0.738. The van der Waals surface area contributed by atoms with Crippen LogP contribution in [0.2, 0.25) is 0 Å². The van der Waals surface area contributed by atoms with Gasteiger partial charge in [-0.1, -0.05) is 58.3 Å². The first-order valence-corrected chi connectivity index (χ1v) is 11.1. The van der Waals surface area contributed by atoms with Crippen LogP contribution in [-0.4, -0.2) is 17.7 Å². The first-order chi connectivity index (χ1) is 11.7. The molecule has 3 heteroatoms. The normalized spacial score (nSPS) is 18.6. The van der Waals surface area contributed by atoms with Crippen LogP contribution in [-0.2, 0) is 0 Å². The minimum Gasteiger partial charge on any atom is -0.386 e. The van der Waals surface area contributed by atoms with E-state index < -0.39 is 0 Å². The molecule has 0 amide bonds. The largest absolute Gasteiger partial charge is 0.386 e. The Kier molecular flexibility index (Phi) is 9.37. The van der Waals surface area contributed by atoms with Crippen LogP contribution < -0.4 is 5.32 Å². The third kappa shape index (κ3) is 6.50. The smallest absolute Gasteiger partial charge is 0.103 e. The van der Waals surface area contributed by atoms with Crippen molar-refractivity contribution in [3.05, 3.63) is 21.9 Å². The zero-order valence-electron chi connectivity index (χ0n) is 15.7. The second-order valence-electron chi connectivity index (χ2n) is 7.57. The van der Waals surface area contributed by atoms with Crippen molar-refractivity contribution in [2.24, 2.45) is 0 Å². The van der Waals surface area contributed by atoms with Gasteiger partial charge in [0, 0.05) is 10.9 Å². The van der Waals surface area contributed by atoms with Gasteiger partial charge in [0.1, 0.15) is 6.10 Å². The number of thiophene rings is 1. The van der Waals surface area contributed by atoms with E-state index in [9.17, 15) is 5.11 Å². The van der Waals surface area contributed by atoms with Crippen molar-refractivity contribution in [3.8, 4) is 0 Å². The number of hydrogen-bond acceptors (Lipinski definition) is 3. The summed E-state index contributed by atoms with van der Waals surface area (Å²) < 4.78 is 0. The maximum absolute atomic E-state index is 10.6. The second kappa shape index (κ2) is 11.3. The van der Waals surface area contributed by atoms with Crippen LogP contribution in [0, 0.1) is 0 Å². The molecule has 1 saturated carbocycles. The summed E-state index contributed by atoms with van der Waals surface area (Å²) in [7, 11) is 0. The Bertz CT molecular complexity index is 439. The fraction of sp³-hybridized carbons (Fsp3) is 0.810. The van der Waals surface area contributed by atoms with Gasteiger partial charge in [0.25, 0.3) is 0 Å². The highest BCUT2D eigenvalue weighted by Gasteiger charge is 2.21. The molecule has 2 unspecified atom stereocenters. The SMILES string of the molecule is CCCCCCCCNC(C)C(O)c1cc(C2CCCCC2)cs1. The van der Waals surface area contributed by atoms with E-state index in [4.69, 9.17) is 0 Å². The topological polar surface area (TPSA) is 32.3 Å². The van der Waals surface area contributed by atoms with Crippen molar-refractivity contribution in [1.29, 1.82) is 0 Å². The number of rotatable bonds is 11. The number of nitrogens with one attached hydrogen (secondary N) is 1. The van der Waals surface area contributed by atoms with Gasteiger partial charge < -0.3 is 10.4 Å². The van der Waals surface area contributed by atoms with Crippen LogP contribution in [0.4, 0.5) is 0 Å². The molecule has 0 aliphatic heterocycles. The third-order valence-corrected chi connectivity index (χ3v) is 6.50. The van der Waals surface area contributed by atoms with Gasteiger partial charge in [-0.05, 0) is 55.7 Å². The van der Waals surface area contributed by atoms with Crippen LogP contribution in [0.5, 0.6) is 0 Å². The number of unbranched alkanes of at least 4 members (excludes halogenated alkanes) is 5. The summed E-state index contributed by atoms with van der Waals surface area (Å²) in [5, 5.41) is 16.4. The Hall–Kier alpha value is -0.380. The Labute approximate surface area is 153 Å². The van der Waals surface area contributed by atoms with Crippen LogP contribution >= 0.6 is 11.3 Å². The van der Waals surface area contributed by atoms with E-state index in [0.29, 0.717) is 0 Å². The van der Waals surface area contributed by atoms with Gasteiger partial charge in [-0.15, -0.1) is 11.3 Å². The lowest BCUT2D eigenvalue weighted by Crippen LogP contribution is -2.32. The van der Waals surface area contributed by atoms with Crippen molar-refractivity contribution in [2.45, 2.75) is 103 Å². The zero-order valence-corrected chi connectivity index (χ0v) is 16.5. The van der Waals surface area contributed by atoms with Gasteiger partial charge in [0.15, 0.2) is 0 Å². The molecule has 1 fully saturated rings. The third-order valence-electron chi connectivity index (χ3n) is 5.48. The zero-order chi connectivity index (χ0) is 17.2. The van der Waals surface area contributed by atoms with Gasteiger partial charge in [-0.3, -0.25) is 0 Å². The Balaban J connectivity index is 1.68. The predicted molar refractivity (Wildman–Crippen MR) is 106 cm³/mol. The van der Waals surface area contributed by atoms with Gasteiger partial charge >= 0.3 is 0 Å². The van der Waals surface area contributed by atoms with E-state index in [0.717, 1.165) is 17.3 Å². The molecule has 1 aliphatic carbocycles. The molecule has 1 aromatic rings. The highest BCUT2D eigenvalue weighted by atomic mass is 32.1. The maximum atomic E-state index is 10.6. The summed E-state index contributed by atoms with van der Waals surface area (Å²) in [5.41, 5.74) is 1.47. The Morgan fingerprint density at radius 3 is 2.58 bits per heavy atom. The van der Waals surface area contributed by atoms with Gasteiger partial charge in [-0.25, -0.2) is 0 Å². The van der Waals surface area contributed by atoms with E-state index in [2.05, 4.69) is 30.6 Å². The summed E-state index contributed by atoms with van der Waals surface area (Å²) in [6, 6.07) is 2.41. The van der Waals surface area contributed by atoms with Crippen LogP contribution in [0.1, 0.15) is 107 Å². The molecule has 2 rings (SSSR count). The van der Waals surface area contributed by atoms with Gasteiger partial charge in [0.05, 0.1) is 0 Å². The lowest BCUT2D eigenvalue weighted by atomic mass is 9.85. The highest BCUT2D eigenvalue weighted by molar-refractivity contribution is 7.10. The summed E-state index contributed by atoms with van der Waals surface area (Å²) in [4.78, 5) is 1.14. The lowest BCUT2D eigenvalue weighted by molar-refractivity contribution is 0.139. The maximum Gasteiger partial charge on any atom is 0.103 e. The van der Waals surface area contributed by atoms with Crippen molar-refractivity contribution in [1.82, 2.24) is 5.32 Å². The minimum atomic E-state index is -0.368. The van der Waals surface area contributed by atoms with Crippen LogP contribution in [0.25, 0.3) is 0 Å². The molecule has 2 nitrogen and oxygen atoms in total. The van der Waals surface area contributed by atoms with Crippen molar-refractivity contribution in [2.75, 3.05) is 6.54 Å². The van der Waals surface area contributed by atoms with Crippen LogP contribution in [0.15, 0.2) is 11.4 Å². The minimum absolute atomic E-state index is 0.137. The standard InChI is InChI=1S/C21H37NOS/c1-3-4-5-6-7-11-14-22-17(2)21(23)20-15-19(16-24-20)18-12-9-8-10-13-18/h15-18,21-23H,3-14H2,1-2H3. The lowest BCUT2D eigenvalue weighted by Gasteiger charge is -2.21. The molecule has 1 aliphatic rings. The van der Waals surface area contributed by atoms with E-state index in [-0.39, 0.29) is 12.1 Å². The molecule has 0 spiro atoms. The Morgan fingerprint density at radius 2 is 1.83 bits per heavy atom. The molecular formula is C21H37NOS. The summed E-state index contributed by atoms with van der Waals surface area (Å²) in [6.45, 7) is 5.39. The number of aliphatic hydroxyl groups excluding tert-OH is 1. The van der Waals surface area contributed by atoms with Gasteiger partial charge in [0.2, 0.25) is 0 Å². The average Bonchev–Trinajstić information content (AvgIpc) is 3.11. The molecule has 1 aromatic heterocycles. The molecule has 2 N–H and O–H groups in total. The van der Waals surface area contributed by atoms with E-state index in [1.165, 1.54) is 76.2 Å². The van der Waals surface area contributed by atoms with E-state index in [1.54, 1.807) is 11.3 Å². The molecule has 0 aromatic carbocycles. The van der Waals surface area contributed by atoms with Crippen molar-refractivity contribution < 1.29 is 5.11 Å². The summed E-state index contributed by atoms with van der Waals surface area (Å²) in [6.07, 6.45) is 14.4. The molecular weight excluding hydrogens is 314 g/mol. The highest BCUT2D eigenvalue weighted by Crippen LogP contribution is 2.36. The average molecular weight is 352 g/mol. The molecule has 0 saturated heterocycles. The predicted octanol–water partition coefficient (Wildman–Crippen LogP) is 6.17. The van der Waals surface area contributed by atoms with E-state index >= 15 is 0 Å². The molecule has 24 heavy (non-hydrogen) atoms. The number of hydrogen-bond donors (Lipinski definition) is 2. The van der Waals surface area contributed by atoms with Crippen molar-refractivity contribution in [3.63, 3.8) is 0 Å². The van der Waals surface area contributed by atoms with E-state index in [1.807, 2.05) is 0 Å². The molecule has 0 radical (unpaired) electrons. The fourth-order valence-corrected chi connectivity index (χ4v) is 4.85. The van der Waals surface area contributed by atoms with Gasteiger partial charge in [-0.2, -0.15) is 0 Å². The second-order valence-corrected chi connectivity index (χ2v) is 8.52. The molecule has 1 heterocycles. The molecule has 2 atom stereocenters. The molecule has 138 valence electrons. The first kappa shape index (κ1) is 19.9. The number of aliphatic hydroxyl groups is 1.